The van der Waals surface area contributed by atoms with Crippen LogP contribution in [0.5, 0.6) is 5.75 Å². The van der Waals surface area contributed by atoms with Crippen molar-refractivity contribution in [1.82, 2.24) is 19.5 Å². The number of rotatable bonds is 4. The number of aromatic nitrogens is 4. The quantitative estimate of drug-likeness (QED) is 0.550. The van der Waals surface area contributed by atoms with Gasteiger partial charge in [0.15, 0.2) is 17.2 Å². The van der Waals surface area contributed by atoms with Crippen molar-refractivity contribution in [2.75, 3.05) is 7.11 Å². The molecule has 0 unspecified atom stereocenters. The number of amides is 1. The summed E-state index contributed by atoms with van der Waals surface area (Å²) >= 11 is 6.06. The third kappa shape index (κ3) is 2.99. The van der Waals surface area contributed by atoms with Gasteiger partial charge >= 0.3 is 5.69 Å². The number of fused-ring (bicyclic) bond motifs is 1. The van der Waals surface area contributed by atoms with Crippen LogP contribution in [0.15, 0.2) is 53.3 Å². The summed E-state index contributed by atoms with van der Waals surface area (Å²) in [7, 11) is 1.53. The number of imidazole rings is 1. The fourth-order valence-electron chi connectivity index (χ4n) is 2.91. The van der Waals surface area contributed by atoms with Crippen LogP contribution in [0, 0.1) is 0 Å². The van der Waals surface area contributed by atoms with E-state index in [4.69, 9.17) is 22.1 Å². The highest BCUT2D eigenvalue weighted by Gasteiger charge is 2.20. The molecule has 0 saturated heterocycles. The number of aromatic amines is 1. The maximum Gasteiger partial charge on any atom is 0.332 e. The molecule has 4 rings (SSSR count). The first-order valence-electron chi connectivity index (χ1n) is 8.21. The van der Waals surface area contributed by atoms with E-state index in [1.807, 2.05) is 0 Å². The van der Waals surface area contributed by atoms with Crippen LogP contribution in [-0.2, 0) is 0 Å². The summed E-state index contributed by atoms with van der Waals surface area (Å²) in [5.74, 6) is 0.00663. The third-order valence-corrected chi connectivity index (χ3v) is 4.40. The molecule has 0 bridgehead atoms. The van der Waals surface area contributed by atoms with E-state index in [1.165, 1.54) is 11.7 Å². The Kier molecular flexibility index (Phi) is 4.32. The largest absolute Gasteiger partial charge is 0.497 e. The van der Waals surface area contributed by atoms with Gasteiger partial charge < -0.3 is 15.5 Å². The molecule has 0 radical (unpaired) electrons. The number of halogens is 1. The minimum atomic E-state index is -0.783. The zero-order valence-corrected chi connectivity index (χ0v) is 15.4. The van der Waals surface area contributed by atoms with Crippen LogP contribution < -0.4 is 16.2 Å². The normalized spacial score (nSPS) is 10.9. The van der Waals surface area contributed by atoms with Gasteiger partial charge in [-0.2, -0.15) is 0 Å². The van der Waals surface area contributed by atoms with E-state index in [9.17, 15) is 9.59 Å². The molecule has 0 fully saturated rings. The lowest BCUT2D eigenvalue weighted by molar-refractivity contribution is 0.0997. The van der Waals surface area contributed by atoms with Gasteiger partial charge in [-0.3, -0.25) is 4.79 Å². The number of primary amides is 1. The summed E-state index contributed by atoms with van der Waals surface area (Å²) in [6.07, 6.45) is 0. The Labute approximate surface area is 163 Å². The molecule has 0 aliphatic rings. The number of nitrogens with zero attached hydrogens (tertiary/aromatic N) is 3. The third-order valence-electron chi connectivity index (χ3n) is 4.16. The zero-order valence-electron chi connectivity index (χ0n) is 14.6. The summed E-state index contributed by atoms with van der Waals surface area (Å²) in [4.78, 5) is 36.0. The Morgan fingerprint density at radius 2 is 1.96 bits per heavy atom. The van der Waals surface area contributed by atoms with Gasteiger partial charge in [0.2, 0.25) is 0 Å². The standard InChI is InChI=1S/C19H14ClN5O3/c1-28-13-7-3-6-12(9-13)25-18-15(23-19(25)27)14(16(21)26)22-17(24-18)10-4-2-5-11(20)8-10/h2-9H,1H3,(H2,21,26)(H,23,27). The molecule has 2 heterocycles. The maximum absolute atomic E-state index is 12.6. The van der Waals surface area contributed by atoms with Gasteiger partial charge in [-0.25, -0.2) is 19.3 Å². The van der Waals surface area contributed by atoms with Crippen LogP contribution in [0.25, 0.3) is 28.2 Å². The maximum atomic E-state index is 12.6. The van der Waals surface area contributed by atoms with Crippen LogP contribution in [0.4, 0.5) is 0 Å². The first-order valence-corrected chi connectivity index (χ1v) is 8.58. The smallest absolute Gasteiger partial charge is 0.332 e. The van der Waals surface area contributed by atoms with E-state index in [0.29, 0.717) is 22.0 Å². The van der Waals surface area contributed by atoms with Gasteiger partial charge in [-0.1, -0.05) is 29.8 Å². The summed E-state index contributed by atoms with van der Waals surface area (Å²) in [6.45, 7) is 0. The van der Waals surface area contributed by atoms with Gasteiger partial charge in [0.25, 0.3) is 5.91 Å². The fourth-order valence-corrected chi connectivity index (χ4v) is 3.10. The number of benzene rings is 2. The number of methoxy groups -OCH3 is 1. The second kappa shape index (κ2) is 6.82. The molecule has 4 aromatic rings. The van der Waals surface area contributed by atoms with E-state index in [0.717, 1.165) is 0 Å². The average Bonchev–Trinajstić information content (AvgIpc) is 3.02. The SMILES string of the molecule is COc1cccc(-n2c(=O)[nH]c3c(C(N)=O)nc(-c4cccc(Cl)c4)nc32)c1. The van der Waals surface area contributed by atoms with Crippen LogP contribution >= 0.6 is 11.6 Å². The second-order valence-electron chi connectivity index (χ2n) is 5.94. The molecule has 0 aliphatic heterocycles. The highest BCUT2D eigenvalue weighted by atomic mass is 35.5. The lowest BCUT2D eigenvalue weighted by atomic mass is 10.2. The van der Waals surface area contributed by atoms with Gasteiger partial charge in [-0.15, -0.1) is 0 Å². The number of nitrogens with two attached hydrogens (primary N) is 1. The molecule has 3 N–H and O–H groups in total. The summed E-state index contributed by atoms with van der Waals surface area (Å²) in [6, 6.07) is 13.8. The van der Waals surface area contributed by atoms with Crippen molar-refractivity contribution in [1.29, 1.82) is 0 Å². The molecule has 1 amide bonds. The van der Waals surface area contributed by atoms with E-state index in [2.05, 4.69) is 15.0 Å². The van der Waals surface area contributed by atoms with Crippen molar-refractivity contribution in [2.45, 2.75) is 0 Å². The average molecular weight is 396 g/mol. The van der Waals surface area contributed by atoms with Crippen molar-refractivity contribution in [3.63, 3.8) is 0 Å². The highest BCUT2D eigenvalue weighted by molar-refractivity contribution is 6.30. The van der Waals surface area contributed by atoms with E-state index < -0.39 is 11.6 Å². The predicted molar refractivity (Wildman–Crippen MR) is 105 cm³/mol. The molecule has 0 aliphatic carbocycles. The molecule has 0 spiro atoms. The molecule has 140 valence electrons. The summed E-state index contributed by atoms with van der Waals surface area (Å²) < 4.78 is 6.56. The van der Waals surface area contributed by atoms with Crippen molar-refractivity contribution in [3.05, 3.63) is 69.7 Å². The van der Waals surface area contributed by atoms with Gasteiger partial charge in [0.1, 0.15) is 11.3 Å². The summed E-state index contributed by atoms with van der Waals surface area (Å²) in [5, 5.41) is 0.487. The van der Waals surface area contributed by atoms with Crippen molar-refractivity contribution >= 4 is 28.7 Å². The molecule has 2 aromatic heterocycles. The Hall–Kier alpha value is -3.65. The molecule has 0 saturated carbocycles. The number of carbonyl (C=O) groups is 1. The van der Waals surface area contributed by atoms with Crippen LogP contribution in [0.2, 0.25) is 5.02 Å². The number of ether oxygens (including phenoxy) is 1. The first-order chi connectivity index (χ1) is 13.5. The zero-order chi connectivity index (χ0) is 19.8. The monoisotopic (exact) mass is 395 g/mol. The fraction of sp³-hybridized carbons (Fsp3) is 0.0526. The van der Waals surface area contributed by atoms with Crippen molar-refractivity contribution < 1.29 is 9.53 Å². The lowest BCUT2D eigenvalue weighted by Gasteiger charge is -2.08. The van der Waals surface area contributed by atoms with Gasteiger partial charge in [0.05, 0.1) is 12.8 Å². The van der Waals surface area contributed by atoms with Crippen LogP contribution in [-0.4, -0.2) is 32.5 Å². The minimum absolute atomic E-state index is 0.0845. The molecule has 9 heteroatoms. The van der Waals surface area contributed by atoms with Crippen LogP contribution in [0.1, 0.15) is 10.5 Å². The van der Waals surface area contributed by atoms with Gasteiger partial charge in [0, 0.05) is 16.7 Å². The number of hydrogen-bond donors (Lipinski definition) is 2. The molecule has 2 aromatic carbocycles. The number of H-pyrrole nitrogens is 1. The van der Waals surface area contributed by atoms with Crippen molar-refractivity contribution in [3.8, 4) is 22.8 Å². The molecule has 8 nitrogen and oxygen atoms in total. The molecule has 0 atom stereocenters. The van der Waals surface area contributed by atoms with E-state index in [1.54, 1.807) is 48.5 Å². The molecular formula is C19H14ClN5O3. The summed E-state index contributed by atoms with van der Waals surface area (Å²) in [5.41, 5.74) is 6.41. The Morgan fingerprint density at radius 3 is 2.68 bits per heavy atom. The molecule has 28 heavy (non-hydrogen) atoms. The minimum Gasteiger partial charge on any atom is -0.497 e. The van der Waals surface area contributed by atoms with Crippen molar-refractivity contribution in [2.24, 2.45) is 5.73 Å². The second-order valence-corrected chi connectivity index (χ2v) is 6.37. The van der Waals surface area contributed by atoms with Crippen LogP contribution in [0.3, 0.4) is 0 Å². The first kappa shape index (κ1) is 17.7. The number of carbonyl (C=O) groups excluding carboxylic acids is 1. The highest BCUT2D eigenvalue weighted by Crippen LogP contribution is 2.24. The topological polar surface area (TPSA) is 116 Å². The van der Waals surface area contributed by atoms with E-state index in [-0.39, 0.29) is 22.7 Å². The molecular weight excluding hydrogens is 382 g/mol. The Morgan fingerprint density at radius 1 is 1.18 bits per heavy atom. The Balaban J connectivity index is 2.05. The lowest BCUT2D eigenvalue weighted by Crippen LogP contribution is -2.15. The Bertz CT molecular complexity index is 1280. The van der Waals surface area contributed by atoms with Gasteiger partial charge in [-0.05, 0) is 24.3 Å². The predicted octanol–water partition coefficient (Wildman–Crippen LogP) is 2.54. The van der Waals surface area contributed by atoms with E-state index >= 15 is 0 Å². The number of hydrogen-bond acceptors (Lipinski definition) is 5. The number of nitrogens with one attached hydrogen (secondary N) is 1.